The van der Waals surface area contributed by atoms with Gasteiger partial charge in [-0.15, -0.1) is 5.10 Å². The minimum Gasteiger partial charge on any atom is -0.434 e. The molecule has 1 N–H and O–H groups in total. The lowest BCUT2D eigenvalue weighted by Gasteiger charge is -2.23. The number of carbonyl (C=O) groups is 1. The van der Waals surface area contributed by atoms with Crippen molar-refractivity contribution in [2.24, 2.45) is 0 Å². The van der Waals surface area contributed by atoms with Crippen LogP contribution in [0.1, 0.15) is 40.5 Å². The molecule has 5 nitrogen and oxygen atoms in total. The molecule has 172 valence electrons. The molecule has 0 spiro atoms. The summed E-state index contributed by atoms with van der Waals surface area (Å²) >= 11 is 17.9. The van der Waals surface area contributed by atoms with E-state index in [0.717, 1.165) is 6.42 Å². The van der Waals surface area contributed by atoms with E-state index in [-0.39, 0.29) is 39.3 Å². The number of aryl methyl sites for hydroxylation is 1. The van der Waals surface area contributed by atoms with Crippen LogP contribution in [0.2, 0.25) is 15.1 Å². The van der Waals surface area contributed by atoms with Gasteiger partial charge >= 0.3 is 0 Å². The fraction of sp³-hybridized carbons (Fsp3) is 0.261. The average molecular weight is 513 g/mol. The van der Waals surface area contributed by atoms with Gasteiger partial charge in [0.1, 0.15) is 5.56 Å². The van der Waals surface area contributed by atoms with Crippen LogP contribution in [-0.4, -0.2) is 22.6 Å². The lowest BCUT2D eigenvalue weighted by Crippen LogP contribution is -2.36. The number of halogens is 5. The van der Waals surface area contributed by atoms with Crippen LogP contribution in [0.25, 0.3) is 0 Å². The second-order valence-electron chi connectivity index (χ2n) is 7.82. The Morgan fingerprint density at radius 1 is 1.15 bits per heavy atom. The molecule has 0 saturated heterocycles. The number of carbonyl (C=O) groups excluding carboxylic acids is 1. The molecule has 1 atom stereocenters. The Kier molecular flexibility index (Phi) is 6.75. The number of hydrogen-bond acceptors (Lipinski definition) is 4. The summed E-state index contributed by atoms with van der Waals surface area (Å²) < 4.78 is 35.4. The van der Waals surface area contributed by atoms with Gasteiger partial charge in [0.25, 0.3) is 11.8 Å². The zero-order valence-corrected chi connectivity index (χ0v) is 19.7. The molecule has 1 aliphatic carbocycles. The first-order chi connectivity index (χ1) is 15.7. The minimum absolute atomic E-state index is 0.0925. The molecule has 2 aromatic carbocycles. The van der Waals surface area contributed by atoms with E-state index in [1.807, 2.05) is 0 Å². The van der Waals surface area contributed by atoms with Crippen molar-refractivity contribution in [3.05, 3.63) is 79.7 Å². The summed E-state index contributed by atoms with van der Waals surface area (Å²) in [5.74, 6) is -1.79. The normalized spacial score (nSPS) is 14.5. The molecule has 33 heavy (non-hydrogen) atoms. The van der Waals surface area contributed by atoms with E-state index >= 15 is 4.39 Å². The first-order valence-electron chi connectivity index (χ1n) is 10.1. The van der Waals surface area contributed by atoms with Gasteiger partial charge in [-0.1, -0.05) is 46.9 Å². The fourth-order valence-electron chi connectivity index (χ4n) is 3.71. The molecule has 4 rings (SSSR count). The predicted octanol–water partition coefficient (Wildman–Crippen LogP) is 6.47. The molecule has 0 radical (unpaired) electrons. The third kappa shape index (κ3) is 4.90. The molecular formula is C23H18Cl3F2N3O2. The predicted molar refractivity (Wildman–Crippen MR) is 123 cm³/mol. The van der Waals surface area contributed by atoms with E-state index in [1.165, 1.54) is 43.3 Å². The maximum absolute atomic E-state index is 15.4. The fourth-order valence-corrected chi connectivity index (χ4v) is 4.48. The SMILES string of the molecule is CC(F)(CNC(=O)c1c(Oc2cccc(Cl)c2F)nnc2c1CCC2)c1ccc(Cl)cc1Cl. The number of nitrogens with zero attached hydrogens (tertiary/aromatic N) is 2. The minimum atomic E-state index is -1.99. The van der Waals surface area contributed by atoms with Gasteiger partial charge in [0.2, 0.25) is 0 Å². The quantitative estimate of drug-likeness (QED) is 0.411. The molecule has 1 heterocycles. The van der Waals surface area contributed by atoms with Gasteiger partial charge in [0, 0.05) is 15.6 Å². The molecule has 1 aromatic heterocycles. The molecule has 0 aliphatic heterocycles. The van der Waals surface area contributed by atoms with Gasteiger partial charge in [-0.05, 0) is 56.0 Å². The highest BCUT2D eigenvalue weighted by atomic mass is 35.5. The number of nitrogens with one attached hydrogen (secondary N) is 1. The lowest BCUT2D eigenvalue weighted by molar-refractivity contribution is 0.0906. The summed E-state index contributed by atoms with van der Waals surface area (Å²) in [6, 6.07) is 8.66. The van der Waals surface area contributed by atoms with E-state index in [4.69, 9.17) is 39.5 Å². The van der Waals surface area contributed by atoms with Crippen molar-refractivity contribution in [3.8, 4) is 11.6 Å². The topological polar surface area (TPSA) is 64.1 Å². The molecule has 0 bridgehead atoms. The lowest BCUT2D eigenvalue weighted by atomic mass is 9.97. The van der Waals surface area contributed by atoms with Gasteiger partial charge in [0.05, 0.1) is 17.3 Å². The van der Waals surface area contributed by atoms with Crippen molar-refractivity contribution < 1.29 is 18.3 Å². The Bertz CT molecular complexity index is 1240. The third-order valence-electron chi connectivity index (χ3n) is 5.39. The summed E-state index contributed by atoms with van der Waals surface area (Å²) in [5, 5.41) is 11.1. The van der Waals surface area contributed by atoms with Gasteiger partial charge in [-0.2, -0.15) is 5.10 Å². The third-order valence-corrected chi connectivity index (χ3v) is 6.23. The standard InChI is InChI=1S/C23H18Cl3F2N3O2/c1-23(28,14-9-8-12(24)10-16(14)26)11-29-21(32)19-13-4-2-6-17(13)30-31-22(19)33-18-7-3-5-15(25)20(18)27/h3,5,7-10H,2,4,6,11H2,1H3,(H,29,32). The zero-order chi connectivity index (χ0) is 23.8. The number of benzene rings is 2. The number of rotatable bonds is 6. The first kappa shape index (κ1) is 23.7. The summed E-state index contributed by atoms with van der Waals surface area (Å²) in [6.45, 7) is 0.922. The van der Waals surface area contributed by atoms with Crippen LogP contribution in [0.5, 0.6) is 11.6 Å². The Morgan fingerprint density at radius 3 is 2.70 bits per heavy atom. The zero-order valence-electron chi connectivity index (χ0n) is 17.4. The van der Waals surface area contributed by atoms with Crippen LogP contribution in [0, 0.1) is 5.82 Å². The second kappa shape index (κ2) is 9.41. The smallest absolute Gasteiger partial charge is 0.257 e. The van der Waals surface area contributed by atoms with Crippen molar-refractivity contribution in [2.75, 3.05) is 6.54 Å². The van der Waals surface area contributed by atoms with Crippen LogP contribution in [0.3, 0.4) is 0 Å². The number of amides is 1. The second-order valence-corrected chi connectivity index (χ2v) is 9.07. The Labute approximate surface area is 204 Å². The summed E-state index contributed by atoms with van der Waals surface area (Å²) in [7, 11) is 0. The Balaban J connectivity index is 1.63. The van der Waals surface area contributed by atoms with Crippen molar-refractivity contribution in [1.82, 2.24) is 15.5 Å². The van der Waals surface area contributed by atoms with Crippen LogP contribution >= 0.6 is 34.8 Å². The number of hydrogen-bond donors (Lipinski definition) is 1. The average Bonchev–Trinajstić information content (AvgIpc) is 3.23. The van der Waals surface area contributed by atoms with Crippen molar-refractivity contribution >= 4 is 40.7 Å². The maximum atomic E-state index is 15.4. The van der Waals surface area contributed by atoms with Crippen LogP contribution in [0.15, 0.2) is 36.4 Å². The molecule has 0 fully saturated rings. The largest absolute Gasteiger partial charge is 0.434 e. The van der Waals surface area contributed by atoms with E-state index in [2.05, 4.69) is 15.5 Å². The van der Waals surface area contributed by atoms with Crippen LogP contribution in [0.4, 0.5) is 8.78 Å². The number of aromatic nitrogens is 2. The van der Waals surface area contributed by atoms with Gasteiger partial charge in [0.15, 0.2) is 17.2 Å². The highest BCUT2D eigenvalue weighted by Gasteiger charge is 2.32. The van der Waals surface area contributed by atoms with E-state index in [1.54, 1.807) is 0 Å². The first-order valence-corrected chi connectivity index (χ1v) is 11.2. The molecule has 3 aromatic rings. The summed E-state index contributed by atoms with van der Waals surface area (Å²) in [6.07, 6.45) is 1.99. The molecule has 1 amide bonds. The van der Waals surface area contributed by atoms with Crippen molar-refractivity contribution in [1.29, 1.82) is 0 Å². The number of ether oxygens (including phenoxy) is 1. The van der Waals surface area contributed by atoms with Gasteiger partial charge in [-0.3, -0.25) is 4.79 Å². The summed E-state index contributed by atoms with van der Waals surface area (Å²) in [4.78, 5) is 13.2. The van der Waals surface area contributed by atoms with Crippen molar-refractivity contribution in [2.45, 2.75) is 31.9 Å². The number of alkyl halides is 1. The highest BCUT2D eigenvalue weighted by molar-refractivity contribution is 6.35. The Morgan fingerprint density at radius 2 is 1.94 bits per heavy atom. The van der Waals surface area contributed by atoms with Crippen LogP contribution in [-0.2, 0) is 18.5 Å². The van der Waals surface area contributed by atoms with Crippen LogP contribution < -0.4 is 10.1 Å². The Hall–Kier alpha value is -2.48. The van der Waals surface area contributed by atoms with E-state index < -0.39 is 17.4 Å². The molecule has 0 saturated carbocycles. The summed E-state index contributed by atoms with van der Waals surface area (Å²) in [5.41, 5.74) is -0.409. The molecular weight excluding hydrogens is 495 g/mol. The highest BCUT2D eigenvalue weighted by Crippen LogP contribution is 2.35. The monoisotopic (exact) mass is 511 g/mol. The van der Waals surface area contributed by atoms with E-state index in [0.29, 0.717) is 29.1 Å². The molecule has 1 unspecified atom stereocenters. The van der Waals surface area contributed by atoms with E-state index in [9.17, 15) is 9.18 Å². The van der Waals surface area contributed by atoms with Gasteiger partial charge < -0.3 is 10.1 Å². The maximum Gasteiger partial charge on any atom is 0.257 e. The molecule has 10 heteroatoms. The van der Waals surface area contributed by atoms with Crippen molar-refractivity contribution in [3.63, 3.8) is 0 Å². The number of fused-ring (bicyclic) bond motifs is 1. The van der Waals surface area contributed by atoms with Gasteiger partial charge in [-0.25, -0.2) is 8.78 Å². The molecule has 1 aliphatic rings.